The lowest BCUT2D eigenvalue weighted by molar-refractivity contribution is -0.114. The van der Waals surface area contributed by atoms with E-state index in [-0.39, 0.29) is 11.9 Å². The first kappa shape index (κ1) is 9.68. The smallest absolute Gasteiger partial charge is 0.272 e. The lowest BCUT2D eigenvalue weighted by atomic mass is 10.2. The van der Waals surface area contributed by atoms with Gasteiger partial charge in [-0.05, 0) is 12.2 Å². The van der Waals surface area contributed by atoms with E-state index in [1.54, 1.807) is 24.3 Å². The zero-order chi connectivity index (χ0) is 11.1. The summed E-state index contributed by atoms with van der Waals surface area (Å²) in [6, 6.07) is -0.286. The Kier molecular flexibility index (Phi) is 2.12. The fraction of sp³-hybridized carbons (Fsp3) is 0.200. The molecule has 2 aliphatic heterocycles. The Bertz CT molecular complexity index is 478. The molecular formula is C10H9N3O2S. The molecule has 82 valence electrons. The number of carbonyl (C=O) groups excluding carboxylic acids is 1. The van der Waals surface area contributed by atoms with Gasteiger partial charge in [-0.3, -0.25) is 9.79 Å². The number of nitrogens with zero attached hydrogens (tertiary/aromatic N) is 1. The highest BCUT2D eigenvalue weighted by Crippen LogP contribution is 2.21. The van der Waals surface area contributed by atoms with Gasteiger partial charge >= 0.3 is 0 Å². The molecule has 3 rings (SSSR count). The van der Waals surface area contributed by atoms with E-state index in [0.717, 1.165) is 0 Å². The standard InChI is InChI=1S/C10H9N3O2S/c14-10-9-7(4-5-11-9)13-16(15)8-3-1-2-6(8)12-10/h1-4,6,13H,5H2,(H,12,14). The van der Waals surface area contributed by atoms with Gasteiger partial charge in [-0.25, -0.2) is 4.72 Å². The molecule has 5 nitrogen and oxygen atoms in total. The van der Waals surface area contributed by atoms with Crippen LogP contribution < -0.4 is 10.0 Å². The van der Waals surface area contributed by atoms with Crippen molar-refractivity contribution in [3.63, 3.8) is 0 Å². The molecule has 0 bridgehead atoms. The first-order chi connectivity index (χ1) is 7.75. The first-order valence-corrected chi connectivity index (χ1v) is 6.03. The molecule has 1 aliphatic carbocycles. The molecule has 16 heavy (non-hydrogen) atoms. The molecule has 0 saturated carbocycles. The minimum Gasteiger partial charge on any atom is -0.588 e. The minimum atomic E-state index is -1.31. The lowest BCUT2D eigenvalue weighted by Gasteiger charge is -2.22. The van der Waals surface area contributed by atoms with Gasteiger partial charge in [-0.2, -0.15) is 0 Å². The fourth-order valence-electron chi connectivity index (χ4n) is 1.82. The third-order valence-corrected chi connectivity index (χ3v) is 3.81. The second kappa shape index (κ2) is 3.50. The molecule has 6 heteroatoms. The molecule has 0 spiro atoms. The molecule has 1 amide bonds. The van der Waals surface area contributed by atoms with E-state index in [2.05, 4.69) is 15.0 Å². The van der Waals surface area contributed by atoms with Crippen LogP contribution in [0.25, 0.3) is 0 Å². The molecule has 2 heterocycles. The van der Waals surface area contributed by atoms with E-state index >= 15 is 0 Å². The van der Waals surface area contributed by atoms with E-state index in [9.17, 15) is 9.35 Å². The summed E-state index contributed by atoms with van der Waals surface area (Å²) in [7, 11) is 0. The van der Waals surface area contributed by atoms with Gasteiger partial charge in [0.05, 0.1) is 6.54 Å². The highest BCUT2D eigenvalue weighted by Gasteiger charge is 2.35. The molecule has 1 saturated heterocycles. The second-order valence-electron chi connectivity index (χ2n) is 3.58. The Balaban J connectivity index is 1.97. The first-order valence-electron chi connectivity index (χ1n) is 4.88. The van der Waals surface area contributed by atoms with Gasteiger partial charge in [0.2, 0.25) is 0 Å². The summed E-state index contributed by atoms with van der Waals surface area (Å²) in [4.78, 5) is 16.5. The van der Waals surface area contributed by atoms with Crippen LogP contribution in [0.2, 0.25) is 0 Å². The molecule has 1 fully saturated rings. The van der Waals surface area contributed by atoms with Crippen LogP contribution >= 0.6 is 0 Å². The number of amides is 1. The van der Waals surface area contributed by atoms with Crippen LogP contribution in [0.3, 0.4) is 0 Å². The number of fused-ring (bicyclic) bond motifs is 2. The van der Waals surface area contributed by atoms with Gasteiger partial charge in [-0.15, -0.1) is 0 Å². The van der Waals surface area contributed by atoms with Gasteiger partial charge < -0.3 is 9.87 Å². The van der Waals surface area contributed by atoms with Crippen LogP contribution in [0.1, 0.15) is 0 Å². The molecule has 2 atom stereocenters. The number of rotatable bonds is 0. The predicted octanol–water partition coefficient (Wildman–Crippen LogP) is -0.470. The van der Waals surface area contributed by atoms with Gasteiger partial charge in [0.1, 0.15) is 23.1 Å². The summed E-state index contributed by atoms with van der Waals surface area (Å²) in [5, 5.41) is 2.78. The molecule has 3 aliphatic rings. The molecular weight excluding hydrogens is 226 g/mol. The van der Waals surface area contributed by atoms with Crippen molar-refractivity contribution >= 4 is 23.0 Å². The Morgan fingerprint density at radius 1 is 1.56 bits per heavy atom. The number of hydrogen-bond acceptors (Lipinski definition) is 4. The summed E-state index contributed by atoms with van der Waals surface area (Å²) >= 11 is -1.31. The van der Waals surface area contributed by atoms with Crippen LogP contribution in [0, 0.1) is 0 Å². The fourth-order valence-corrected chi connectivity index (χ4v) is 2.89. The van der Waals surface area contributed by atoms with Crippen molar-refractivity contribution in [1.29, 1.82) is 0 Å². The summed E-state index contributed by atoms with van der Waals surface area (Å²) in [5.41, 5.74) is 0.898. The minimum absolute atomic E-state index is 0.226. The molecule has 2 unspecified atom stereocenters. The summed E-state index contributed by atoms with van der Waals surface area (Å²) in [5.74, 6) is -0.226. The summed E-state index contributed by atoms with van der Waals surface area (Å²) in [6.45, 7) is 0.460. The average molecular weight is 235 g/mol. The van der Waals surface area contributed by atoms with Crippen molar-refractivity contribution in [3.05, 3.63) is 34.9 Å². The monoisotopic (exact) mass is 235 g/mol. The maximum atomic E-state index is 11.9. The highest BCUT2D eigenvalue weighted by molar-refractivity contribution is 7.93. The number of aliphatic imine (C=N–C) groups is 1. The van der Waals surface area contributed by atoms with Gasteiger partial charge in [-0.1, -0.05) is 12.2 Å². The quantitative estimate of drug-likeness (QED) is 0.557. The van der Waals surface area contributed by atoms with Crippen molar-refractivity contribution in [3.8, 4) is 0 Å². The zero-order valence-corrected chi connectivity index (χ0v) is 9.08. The summed E-state index contributed by atoms with van der Waals surface area (Å²) < 4.78 is 14.8. The maximum Gasteiger partial charge on any atom is 0.272 e. The van der Waals surface area contributed by atoms with E-state index in [1.165, 1.54) is 0 Å². The number of hydrogen-bond donors (Lipinski definition) is 2. The van der Waals surface area contributed by atoms with Crippen molar-refractivity contribution in [2.24, 2.45) is 4.99 Å². The second-order valence-corrected chi connectivity index (χ2v) is 4.80. The van der Waals surface area contributed by atoms with Crippen LogP contribution in [0.5, 0.6) is 0 Å². The van der Waals surface area contributed by atoms with E-state index in [4.69, 9.17) is 0 Å². The zero-order valence-electron chi connectivity index (χ0n) is 8.27. The lowest BCUT2D eigenvalue weighted by Crippen LogP contribution is -2.47. The van der Waals surface area contributed by atoms with Gasteiger partial charge in [0.15, 0.2) is 10.6 Å². The van der Waals surface area contributed by atoms with Crippen molar-refractivity contribution in [1.82, 2.24) is 10.0 Å². The maximum absolute atomic E-state index is 11.9. The van der Waals surface area contributed by atoms with Crippen molar-refractivity contribution in [2.45, 2.75) is 6.04 Å². The Morgan fingerprint density at radius 2 is 2.44 bits per heavy atom. The molecule has 0 aromatic rings. The topological polar surface area (TPSA) is 76.5 Å². The molecule has 2 N–H and O–H groups in total. The normalized spacial score (nSPS) is 31.3. The van der Waals surface area contributed by atoms with Gasteiger partial charge in [0, 0.05) is 0 Å². The van der Waals surface area contributed by atoms with E-state index in [0.29, 0.717) is 22.9 Å². The Hall–Kier alpha value is -1.53. The number of allylic oxidation sites excluding steroid dienone is 2. The predicted molar refractivity (Wildman–Crippen MR) is 60.8 cm³/mol. The van der Waals surface area contributed by atoms with Crippen LogP contribution in [-0.4, -0.2) is 28.8 Å². The average Bonchev–Trinajstić information content (AvgIpc) is 2.84. The van der Waals surface area contributed by atoms with E-state index in [1.807, 2.05) is 0 Å². The third kappa shape index (κ3) is 1.38. The molecule has 0 radical (unpaired) electrons. The van der Waals surface area contributed by atoms with Crippen molar-refractivity contribution in [2.75, 3.05) is 6.54 Å². The Morgan fingerprint density at radius 3 is 3.31 bits per heavy atom. The SMILES string of the molecule is O=C1NC2C=CC=C2[S+]([O-])NC2=CCN=C12. The molecule has 0 aromatic heterocycles. The highest BCUT2D eigenvalue weighted by atomic mass is 32.2. The number of nitrogens with one attached hydrogen (secondary N) is 2. The van der Waals surface area contributed by atoms with Gasteiger partial charge in [0.25, 0.3) is 5.91 Å². The Labute approximate surface area is 95.3 Å². The third-order valence-electron chi connectivity index (χ3n) is 2.59. The van der Waals surface area contributed by atoms with Crippen LogP contribution in [-0.2, 0) is 16.2 Å². The van der Waals surface area contributed by atoms with Crippen molar-refractivity contribution < 1.29 is 9.35 Å². The van der Waals surface area contributed by atoms with E-state index < -0.39 is 11.4 Å². The van der Waals surface area contributed by atoms with Crippen LogP contribution in [0.4, 0.5) is 0 Å². The molecule has 0 aromatic carbocycles. The largest absolute Gasteiger partial charge is 0.588 e. The summed E-state index contributed by atoms with van der Waals surface area (Å²) in [6.07, 6.45) is 7.11. The van der Waals surface area contributed by atoms with Crippen LogP contribution in [0.15, 0.2) is 39.9 Å². The number of carbonyl (C=O) groups is 1.